The second-order valence-electron chi connectivity index (χ2n) is 7.42. The Bertz CT molecular complexity index is 615. The van der Waals surface area contributed by atoms with Crippen molar-refractivity contribution in [3.63, 3.8) is 0 Å². The number of nitrogens with zero attached hydrogens (tertiary/aromatic N) is 1. The van der Waals surface area contributed by atoms with Crippen LogP contribution in [-0.4, -0.2) is 53.6 Å². The molecular formula is C20H31N3O3. The van der Waals surface area contributed by atoms with E-state index in [9.17, 15) is 14.7 Å². The fourth-order valence-corrected chi connectivity index (χ4v) is 3.23. The number of benzene rings is 1. The molecule has 0 spiro atoms. The third-order valence-corrected chi connectivity index (χ3v) is 4.82. The van der Waals surface area contributed by atoms with Crippen LogP contribution in [-0.2, 0) is 16.1 Å². The highest BCUT2D eigenvalue weighted by Gasteiger charge is 2.41. The number of carbonyl (C=O) groups is 2. The standard InChI is InChI=1S/C20H31N3O3/c1-15(2)18-7-5-17(6-8-18)13-23-12-4-9-20(26,19(23)25)14-21-10-11-22-16(3)24/h5-8,15,21,26H,4,9-14H2,1-3H3,(H,22,24). The van der Waals surface area contributed by atoms with Gasteiger partial charge in [-0.2, -0.15) is 0 Å². The predicted octanol–water partition coefficient (Wildman–Crippen LogP) is 1.39. The first-order valence-electron chi connectivity index (χ1n) is 9.37. The number of nitrogens with one attached hydrogen (secondary N) is 2. The second-order valence-corrected chi connectivity index (χ2v) is 7.42. The zero-order valence-electron chi connectivity index (χ0n) is 16.0. The van der Waals surface area contributed by atoms with Crippen LogP contribution >= 0.6 is 0 Å². The zero-order chi connectivity index (χ0) is 19.2. The second kappa shape index (κ2) is 9.14. The molecule has 1 atom stereocenters. The molecule has 1 unspecified atom stereocenters. The van der Waals surface area contributed by atoms with Crippen LogP contribution in [0.1, 0.15) is 50.7 Å². The van der Waals surface area contributed by atoms with Gasteiger partial charge in [0.25, 0.3) is 5.91 Å². The van der Waals surface area contributed by atoms with E-state index in [0.717, 1.165) is 12.0 Å². The molecular weight excluding hydrogens is 330 g/mol. The van der Waals surface area contributed by atoms with Crippen LogP contribution in [0.2, 0.25) is 0 Å². The van der Waals surface area contributed by atoms with Crippen LogP contribution in [0.3, 0.4) is 0 Å². The van der Waals surface area contributed by atoms with Crippen molar-refractivity contribution >= 4 is 11.8 Å². The number of piperidine rings is 1. The molecule has 2 rings (SSSR count). The lowest BCUT2D eigenvalue weighted by Crippen LogP contribution is -2.58. The van der Waals surface area contributed by atoms with Gasteiger partial charge in [-0.1, -0.05) is 38.1 Å². The summed E-state index contributed by atoms with van der Waals surface area (Å²) in [7, 11) is 0. The lowest BCUT2D eigenvalue weighted by molar-refractivity contribution is -0.157. The van der Waals surface area contributed by atoms with E-state index in [1.807, 2.05) is 0 Å². The van der Waals surface area contributed by atoms with Crippen molar-refractivity contribution in [3.05, 3.63) is 35.4 Å². The van der Waals surface area contributed by atoms with Crippen molar-refractivity contribution in [2.45, 2.75) is 51.7 Å². The van der Waals surface area contributed by atoms with Crippen LogP contribution in [0, 0.1) is 0 Å². The lowest BCUT2D eigenvalue weighted by Gasteiger charge is -2.38. The number of rotatable bonds is 8. The van der Waals surface area contributed by atoms with Gasteiger partial charge in [-0.15, -0.1) is 0 Å². The van der Waals surface area contributed by atoms with Crippen LogP contribution in [0.25, 0.3) is 0 Å². The van der Waals surface area contributed by atoms with Crippen molar-refractivity contribution in [3.8, 4) is 0 Å². The minimum atomic E-state index is -1.37. The normalized spacial score (nSPS) is 20.5. The summed E-state index contributed by atoms with van der Waals surface area (Å²) in [6.07, 6.45) is 1.24. The third-order valence-electron chi connectivity index (χ3n) is 4.82. The van der Waals surface area contributed by atoms with Crippen molar-refractivity contribution in [2.24, 2.45) is 0 Å². The Labute approximate surface area is 156 Å². The molecule has 0 radical (unpaired) electrons. The molecule has 1 aromatic carbocycles. The summed E-state index contributed by atoms with van der Waals surface area (Å²) in [5, 5.41) is 16.5. The quantitative estimate of drug-likeness (QED) is 0.611. The average Bonchev–Trinajstić information content (AvgIpc) is 2.59. The molecule has 1 heterocycles. The van der Waals surface area contributed by atoms with Gasteiger partial charge in [0.05, 0.1) is 0 Å². The maximum atomic E-state index is 12.8. The summed E-state index contributed by atoms with van der Waals surface area (Å²) < 4.78 is 0. The molecule has 1 saturated heterocycles. The Morgan fingerprint density at radius 3 is 2.58 bits per heavy atom. The van der Waals surface area contributed by atoms with E-state index in [-0.39, 0.29) is 18.4 Å². The van der Waals surface area contributed by atoms with Gasteiger partial charge < -0.3 is 20.6 Å². The minimum absolute atomic E-state index is 0.0890. The molecule has 2 amide bonds. The van der Waals surface area contributed by atoms with E-state index in [2.05, 4.69) is 48.7 Å². The minimum Gasteiger partial charge on any atom is -0.379 e. The highest BCUT2D eigenvalue weighted by Crippen LogP contribution is 2.24. The van der Waals surface area contributed by atoms with E-state index in [1.54, 1.807) is 4.90 Å². The maximum absolute atomic E-state index is 12.8. The molecule has 1 fully saturated rings. The third kappa shape index (κ3) is 5.54. The van der Waals surface area contributed by atoms with Crippen molar-refractivity contribution in [1.29, 1.82) is 0 Å². The molecule has 6 nitrogen and oxygen atoms in total. The Kier molecular flexibility index (Phi) is 7.17. The van der Waals surface area contributed by atoms with Gasteiger partial charge in [0.15, 0.2) is 5.60 Å². The van der Waals surface area contributed by atoms with E-state index < -0.39 is 5.60 Å². The lowest BCUT2D eigenvalue weighted by atomic mass is 9.91. The summed E-state index contributed by atoms with van der Waals surface area (Å²) in [5.74, 6) is 0.173. The van der Waals surface area contributed by atoms with Gasteiger partial charge in [0, 0.05) is 39.6 Å². The number of amides is 2. The van der Waals surface area contributed by atoms with Crippen molar-refractivity contribution < 1.29 is 14.7 Å². The topological polar surface area (TPSA) is 81.7 Å². The molecule has 1 aromatic rings. The number of likely N-dealkylation sites (tertiary alicyclic amines) is 1. The Morgan fingerprint density at radius 2 is 1.96 bits per heavy atom. The molecule has 0 saturated carbocycles. The highest BCUT2D eigenvalue weighted by atomic mass is 16.3. The highest BCUT2D eigenvalue weighted by molar-refractivity contribution is 5.86. The Morgan fingerprint density at radius 1 is 1.27 bits per heavy atom. The van der Waals surface area contributed by atoms with Gasteiger partial charge in [0.2, 0.25) is 5.91 Å². The van der Waals surface area contributed by atoms with E-state index >= 15 is 0 Å². The van der Waals surface area contributed by atoms with Gasteiger partial charge in [-0.05, 0) is 29.9 Å². The average molecular weight is 361 g/mol. The summed E-state index contributed by atoms with van der Waals surface area (Å²) in [6, 6.07) is 8.32. The summed E-state index contributed by atoms with van der Waals surface area (Å²) in [6.45, 7) is 8.16. The first kappa shape index (κ1) is 20.4. The molecule has 0 aromatic heterocycles. The monoisotopic (exact) mass is 361 g/mol. The summed E-state index contributed by atoms with van der Waals surface area (Å²) in [4.78, 5) is 25.4. The maximum Gasteiger partial charge on any atom is 0.256 e. The largest absolute Gasteiger partial charge is 0.379 e. The molecule has 6 heteroatoms. The van der Waals surface area contributed by atoms with Crippen LogP contribution in [0.4, 0.5) is 0 Å². The van der Waals surface area contributed by atoms with Gasteiger partial charge in [-0.3, -0.25) is 9.59 Å². The summed E-state index contributed by atoms with van der Waals surface area (Å²) >= 11 is 0. The van der Waals surface area contributed by atoms with E-state index in [1.165, 1.54) is 12.5 Å². The van der Waals surface area contributed by atoms with Gasteiger partial charge in [-0.25, -0.2) is 0 Å². The molecule has 0 aliphatic carbocycles. The SMILES string of the molecule is CC(=O)NCCNCC1(O)CCCN(Cc2ccc(C(C)C)cc2)C1=O. The summed E-state index contributed by atoms with van der Waals surface area (Å²) in [5.41, 5.74) is 0.982. The van der Waals surface area contributed by atoms with Crippen LogP contribution in [0.15, 0.2) is 24.3 Å². The first-order chi connectivity index (χ1) is 12.3. The molecule has 3 N–H and O–H groups in total. The Hall–Kier alpha value is -1.92. The fourth-order valence-electron chi connectivity index (χ4n) is 3.23. The van der Waals surface area contributed by atoms with Gasteiger partial charge in [0.1, 0.15) is 0 Å². The number of carbonyl (C=O) groups excluding carboxylic acids is 2. The Balaban J connectivity index is 1.90. The van der Waals surface area contributed by atoms with Crippen molar-refractivity contribution in [2.75, 3.05) is 26.2 Å². The van der Waals surface area contributed by atoms with Crippen LogP contribution < -0.4 is 10.6 Å². The zero-order valence-corrected chi connectivity index (χ0v) is 16.0. The molecule has 1 aliphatic heterocycles. The molecule has 0 bridgehead atoms. The number of hydrogen-bond donors (Lipinski definition) is 3. The van der Waals surface area contributed by atoms with E-state index in [4.69, 9.17) is 0 Å². The molecule has 26 heavy (non-hydrogen) atoms. The predicted molar refractivity (Wildman–Crippen MR) is 102 cm³/mol. The number of aliphatic hydroxyl groups is 1. The smallest absolute Gasteiger partial charge is 0.256 e. The van der Waals surface area contributed by atoms with E-state index in [0.29, 0.717) is 38.5 Å². The van der Waals surface area contributed by atoms with Crippen LogP contribution in [0.5, 0.6) is 0 Å². The molecule has 144 valence electrons. The van der Waals surface area contributed by atoms with Crippen molar-refractivity contribution in [1.82, 2.24) is 15.5 Å². The molecule has 1 aliphatic rings. The number of hydrogen-bond acceptors (Lipinski definition) is 4. The van der Waals surface area contributed by atoms with Gasteiger partial charge >= 0.3 is 0 Å². The fraction of sp³-hybridized carbons (Fsp3) is 0.600. The first-order valence-corrected chi connectivity index (χ1v) is 9.37.